The van der Waals surface area contributed by atoms with Gasteiger partial charge in [0.1, 0.15) is 4.34 Å². The third-order valence-electron chi connectivity index (χ3n) is 4.15. The molecule has 0 unspecified atom stereocenters. The molecule has 0 saturated carbocycles. The standard InChI is InChI=1S/C21H22N2OS2/c1-14-4-7-17(8-5-14)12-25-21-23-19(13-26-21)11-20(24)22-18-9-6-15(2)16(3)10-18/h4-10,13H,11-12H2,1-3H3,(H,22,24). The van der Waals surface area contributed by atoms with Crippen LogP contribution in [0.25, 0.3) is 0 Å². The van der Waals surface area contributed by atoms with Crippen molar-refractivity contribution in [3.63, 3.8) is 0 Å². The number of aromatic nitrogens is 1. The lowest BCUT2D eigenvalue weighted by Crippen LogP contribution is -2.14. The maximum atomic E-state index is 12.2. The maximum absolute atomic E-state index is 12.2. The Bertz CT molecular complexity index is 901. The molecule has 3 rings (SSSR count). The highest BCUT2D eigenvalue weighted by molar-refractivity contribution is 8.00. The van der Waals surface area contributed by atoms with Crippen LogP contribution in [0, 0.1) is 20.8 Å². The summed E-state index contributed by atoms with van der Waals surface area (Å²) in [6.07, 6.45) is 0.300. The zero-order valence-electron chi connectivity index (χ0n) is 15.2. The van der Waals surface area contributed by atoms with E-state index >= 15 is 0 Å². The Morgan fingerprint density at radius 3 is 2.58 bits per heavy atom. The summed E-state index contributed by atoms with van der Waals surface area (Å²) in [4.78, 5) is 16.8. The van der Waals surface area contributed by atoms with E-state index in [4.69, 9.17) is 0 Å². The van der Waals surface area contributed by atoms with Gasteiger partial charge in [-0.25, -0.2) is 4.98 Å². The Morgan fingerprint density at radius 1 is 1.08 bits per heavy atom. The van der Waals surface area contributed by atoms with Gasteiger partial charge in [0.05, 0.1) is 12.1 Å². The maximum Gasteiger partial charge on any atom is 0.230 e. The Kier molecular flexibility index (Phi) is 6.12. The molecule has 5 heteroatoms. The van der Waals surface area contributed by atoms with E-state index in [1.807, 2.05) is 30.5 Å². The number of nitrogens with one attached hydrogen (secondary N) is 1. The van der Waals surface area contributed by atoms with Crippen molar-refractivity contribution in [2.45, 2.75) is 37.3 Å². The van der Waals surface area contributed by atoms with Gasteiger partial charge in [0, 0.05) is 16.8 Å². The molecule has 0 atom stereocenters. The van der Waals surface area contributed by atoms with Crippen LogP contribution in [0.5, 0.6) is 0 Å². The molecule has 0 aliphatic heterocycles. The number of nitrogens with zero attached hydrogens (tertiary/aromatic N) is 1. The van der Waals surface area contributed by atoms with E-state index in [-0.39, 0.29) is 5.91 Å². The largest absolute Gasteiger partial charge is 0.326 e. The lowest BCUT2D eigenvalue weighted by molar-refractivity contribution is -0.115. The Morgan fingerprint density at radius 2 is 1.85 bits per heavy atom. The monoisotopic (exact) mass is 382 g/mol. The highest BCUT2D eigenvalue weighted by Crippen LogP contribution is 2.26. The zero-order chi connectivity index (χ0) is 18.5. The molecule has 2 aromatic carbocycles. The number of rotatable bonds is 6. The van der Waals surface area contributed by atoms with Crippen LogP contribution in [-0.4, -0.2) is 10.9 Å². The zero-order valence-corrected chi connectivity index (χ0v) is 16.8. The third-order valence-corrected chi connectivity index (χ3v) is 6.29. The first-order valence-electron chi connectivity index (χ1n) is 8.49. The molecule has 0 bridgehead atoms. The molecular weight excluding hydrogens is 360 g/mol. The quantitative estimate of drug-likeness (QED) is 0.569. The SMILES string of the molecule is Cc1ccc(CSc2nc(CC(=O)Nc3ccc(C)c(C)c3)cs2)cc1. The Balaban J connectivity index is 1.53. The van der Waals surface area contributed by atoms with Crippen molar-refractivity contribution in [3.05, 3.63) is 75.8 Å². The van der Waals surface area contributed by atoms with Gasteiger partial charge in [0.2, 0.25) is 5.91 Å². The normalized spacial score (nSPS) is 10.7. The molecule has 1 aromatic heterocycles. The van der Waals surface area contributed by atoms with Crippen molar-refractivity contribution < 1.29 is 4.79 Å². The van der Waals surface area contributed by atoms with Crippen LogP contribution in [-0.2, 0) is 17.0 Å². The molecule has 0 radical (unpaired) electrons. The van der Waals surface area contributed by atoms with Gasteiger partial charge < -0.3 is 5.32 Å². The smallest absolute Gasteiger partial charge is 0.230 e. The minimum atomic E-state index is -0.0337. The molecule has 1 amide bonds. The molecule has 0 aliphatic rings. The Labute approximate surface area is 162 Å². The minimum absolute atomic E-state index is 0.0337. The van der Waals surface area contributed by atoms with Gasteiger partial charge in [-0.15, -0.1) is 11.3 Å². The van der Waals surface area contributed by atoms with E-state index in [2.05, 4.69) is 48.4 Å². The van der Waals surface area contributed by atoms with E-state index in [0.29, 0.717) is 6.42 Å². The first-order valence-corrected chi connectivity index (χ1v) is 10.4. The highest BCUT2D eigenvalue weighted by atomic mass is 32.2. The lowest BCUT2D eigenvalue weighted by atomic mass is 10.1. The number of amides is 1. The molecule has 3 aromatic rings. The number of carbonyl (C=O) groups excluding carboxylic acids is 1. The van der Waals surface area contributed by atoms with Crippen molar-refractivity contribution in [1.82, 2.24) is 4.98 Å². The topological polar surface area (TPSA) is 42.0 Å². The number of hydrogen-bond acceptors (Lipinski definition) is 4. The molecule has 0 saturated heterocycles. The first kappa shape index (κ1) is 18.7. The number of thioether (sulfide) groups is 1. The van der Waals surface area contributed by atoms with Crippen molar-refractivity contribution in [2.75, 3.05) is 5.32 Å². The molecule has 0 fully saturated rings. The fraction of sp³-hybridized carbons (Fsp3) is 0.238. The highest BCUT2D eigenvalue weighted by Gasteiger charge is 2.09. The van der Waals surface area contributed by atoms with E-state index < -0.39 is 0 Å². The van der Waals surface area contributed by atoms with E-state index in [1.165, 1.54) is 22.3 Å². The second-order valence-electron chi connectivity index (χ2n) is 6.40. The molecular formula is C21H22N2OS2. The van der Waals surface area contributed by atoms with Crippen LogP contribution < -0.4 is 5.32 Å². The van der Waals surface area contributed by atoms with E-state index in [0.717, 1.165) is 21.5 Å². The van der Waals surface area contributed by atoms with Crippen molar-refractivity contribution in [1.29, 1.82) is 0 Å². The Hall–Kier alpha value is -2.11. The fourth-order valence-corrected chi connectivity index (χ4v) is 4.25. The van der Waals surface area contributed by atoms with Crippen LogP contribution in [0.3, 0.4) is 0 Å². The molecule has 1 heterocycles. The summed E-state index contributed by atoms with van der Waals surface area (Å²) < 4.78 is 1.000. The summed E-state index contributed by atoms with van der Waals surface area (Å²) in [6, 6.07) is 14.5. The summed E-state index contributed by atoms with van der Waals surface area (Å²) in [5, 5.41) is 4.92. The van der Waals surface area contributed by atoms with Crippen LogP contribution in [0.15, 0.2) is 52.2 Å². The molecule has 0 spiro atoms. The predicted molar refractivity (Wildman–Crippen MR) is 111 cm³/mol. The summed E-state index contributed by atoms with van der Waals surface area (Å²) >= 11 is 3.31. The average Bonchev–Trinajstić information content (AvgIpc) is 3.05. The van der Waals surface area contributed by atoms with Crippen LogP contribution in [0.1, 0.15) is 27.9 Å². The molecule has 26 heavy (non-hydrogen) atoms. The van der Waals surface area contributed by atoms with E-state index in [1.54, 1.807) is 23.1 Å². The number of anilines is 1. The molecule has 1 N–H and O–H groups in total. The van der Waals surface area contributed by atoms with Crippen LogP contribution >= 0.6 is 23.1 Å². The van der Waals surface area contributed by atoms with Crippen molar-refractivity contribution >= 4 is 34.7 Å². The second-order valence-corrected chi connectivity index (χ2v) is 8.48. The predicted octanol–water partition coefficient (Wildman–Crippen LogP) is 5.54. The minimum Gasteiger partial charge on any atom is -0.326 e. The van der Waals surface area contributed by atoms with Crippen molar-refractivity contribution in [3.8, 4) is 0 Å². The number of thiazole rings is 1. The molecule has 3 nitrogen and oxygen atoms in total. The number of benzene rings is 2. The van der Waals surface area contributed by atoms with Gasteiger partial charge in [0.15, 0.2) is 0 Å². The second kappa shape index (κ2) is 8.52. The van der Waals surface area contributed by atoms with Gasteiger partial charge in [-0.05, 0) is 49.6 Å². The fourth-order valence-electron chi connectivity index (χ4n) is 2.45. The van der Waals surface area contributed by atoms with Gasteiger partial charge in [-0.3, -0.25) is 4.79 Å². The van der Waals surface area contributed by atoms with Gasteiger partial charge in [0.25, 0.3) is 0 Å². The summed E-state index contributed by atoms with van der Waals surface area (Å²) in [5.74, 6) is 0.857. The molecule has 134 valence electrons. The van der Waals surface area contributed by atoms with Gasteiger partial charge in [-0.1, -0.05) is 47.7 Å². The third kappa shape index (κ3) is 5.19. The number of aryl methyl sites for hydroxylation is 3. The van der Waals surface area contributed by atoms with Crippen LogP contribution in [0.4, 0.5) is 5.69 Å². The van der Waals surface area contributed by atoms with Gasteiger partial charge >= 0.3 is 0 Å². The lowest BCUT2D eigenvalue weighted by Gasteiger charge is -2.06. The average molecular weight is 383 g/mol. The summed E-state index contributed by atoms with van der Waals surface area (Å²) in [7, 11) is 0. The van der Waals surface area contributed by atoms with E-state index in [9.17, 15) is 4.79 Å². The number of hydrogen-bond donors (Lipinski definition) is 1. The summed E-state index contributed by atoms with van der Waals surface area (Å²) in [5.41, 5.74) is 6.60. The first-order chi connectivity index (χ1) is 12.5. The molecule has 0 aliphatic carbocycles. The number of carbonyl (C=O) groups is 1. The van der Waals surface area contributed by atoms with Crippen LogP contribution in [0.2, 0.25) is 0 Å². The van der Waals surface area contributed by atoms with Crippen molar-refractivity contribution in [2.24, 2.45) is 0 Å². The summed E-state index contributed by atoms with van der Waals surface area (Å²) in [6.45, 7) is 6.20. The van der Waals surface area contributed by atoms with Gasteiger partial charge in [-0.2, -0.15) is 0 Å².